The van der Waals surface area contributed by atoms with Crippen molar-refractivity contribution < 1.29 is 9.59 Å². The highest BCUT2D eigenvalue weighted by Gasteiger charge is 2.41. The Hall–Kier alpha value is -2.93. The largest absolute Gasteiger partial charge is 0.351 e. The van der Waals surface area contributed by atoms with Crippen LogP contribution in [0.1, 0.15) is 59.6 Å². The standard InChI is InChI=1S/C24H26N4O2S/c1-2-28-20-19(14-25-28)18-12-13-31-22(18)24(30)27(15-16-8-4-3-5-9-16)21(20)23(29)26-17-10-6-7-11-17/h3-5,8-9,12-14,17,21H,2,6-7,10-11,15H2,1H3,(H,26,29). The third kappa shape index (κ3) is 3.57. The molecule has 1 aliphatic carbocycles. The maximum Gasteiger partial charge on any atom is 0.265 e. The van der Waals surface area contributed by atoms with Gasteiger partial charge in [-0.1, -0.05) is 43.2 Å². The molecule has 1 aliphatic heterocycles. The van der Waals surface area contributed by atoms with Crippen LogP contribution in [0.3, 0.4) is 0 Å². The molecule has 7 heteroatoms. The van der Waals surface area contributed by atoms with Crippen molar-refractivity contribution in [2.45, 2.75) is 57.8 Å². The number of amides is 2. The quantitative estimate of drug-likeness (QED) is 0.648. The van der Waals surface area contributed by atoms with Crippen molar-refractivity contribution in [3.63, 3.8) is 0 Å². The van der Waals surface area contributed by atoms with Gasteiger partial charge in [-0.25, -0.2) is 0 Å². The van der Waals surface area contributed by atoms with Crippen LogP contribution in [0, 0.1) is 0 Å². The first-order valence-electron chi connectivity index (χ1n) is 11.0. The molecule has 3 heterocycles. The van der Waals surface area contributed by atoms with Crippen LogP contribution in [0.4, 0.5) is 0 Å². The second-order valence-corrected chi connectivity index (χ2v) is 9.15. The maximum absolute atomic E-state index is 13.7. The average Bonchev–Trinajstić information content (AvgIpc) is 3.53. The first kappa shape index (κ1) is 20.0. The van der Waals surface area contributed by atoms with E-state index in [1.807, 2.05) is 53.4 Å². The van der Waals surface area contributed by atoms with E-state index in [-0.39, 0.29) is 17.9 Å². The summed E-state index contributed by atoms with van der Waals surface area (Å²) < 4.78 is 1.87. The minimum atomic E-state index is -0.717. The zero-order chi connectivity index (χ0) is 21.4. The summed E-state index contributed by atoms with van der Waals surface area (Å²) in [7, 11) is 0. The van der Waals surface area contributed by atoms with Crippen molar-refractivity contribution in [3.8, 4) is 11.1 Å². The van der Waals surface area contributed by atoms with E-state index in [4.69, 9.17) is 0 Å². The van der Waals surface area contributed by atoms with E-state index >= 15 is 0 Å². The fraction of sp³-hybridized carbons (Fsp3) is 0.375. The molecule has 6 nitrogen and oxygen atoms in total. The summed E-state index contributed by atoms with van der Waals surface area (Å²) in [4.78, 5) is 29.9. The van der Waals surface area contributed by atoms with Gasteiger partial charge in [0.15, 0.2) is 6.04 Å². The third-order valence-corrected chi connectivity index (χ3v) is 7.21. The van der Waals surface area contributed by atoms with Crippen molar-refractivity contribution in [2.75, 3.05) is 0 Å². The van der Waals surface area contributed by atoms with E-state index in [2.05, 4.69) is 10.4 Å². The topological polar surface area (TPSA) is 67.2 Å². The van der Waals surface area contributed by atoms with Gasteiger partial charge in [-0.3, -0.25) is 14.3 Å². The van der Waals surface area contributed by atoms with Crippen LogP contribution >= 0.6 is 11.3 Å². The lowest BCUT2D eigenvalue weighted by Crippen LogP contribution is -2.46. The van der Waals surface area contributed by atoms with Crippen molar-refractivity contribution in [2.24, 2.45) is 0 Å². The normalized spacial score (nSPS) is 18.5. The number of nitrogens with zero attached hydrogens (tertiary/aromatic N) is 3. The molecule has 5 rings (SSSR count). The second-order valence-electron chi connectivity index (χ2n) is 8.23. The summed E-state index contributed by atoms with van der Waals surface area (Å²) in [6.07, 6.45) is 6.07. The minimum Gasteiger partial charge on any atom is -0.351 e. The fourth-order valence-electron chi connectivity index (χ4n) is 4.78. The fourth-order valence-corrected chi connectivity index (χ4v) is 5.65. The SMILES string of the molecule is CCn1ncc2c1C(C(=O)NC1CCCC1)N(Cc1ccccc1)C(=O)c1sccc1-2. The Kier molecular flexibility index (Phi) is 5.36. The molecule has 0 saturated heterocycles. The molecule has 2 aliphatic rings. The first-order chi connectivity index (χ1) is 15.2. The van der Waals surface area contributed by atoms with Crippen molar-refractivity contribution in [1.29, 1.82) is 0 Å². The highest BCUT2D eigenvalue weighted by Crippen LogP contribution is 2.41. The Morgan fingerprint density at radius 3 is 2.68 bits per heavy atom. The number of hydrogen-bond donors (Lipinski definition) is 1. The van der Waals surface area contributed by atoms with Crippen LogP contribution in [0.2, 0.25) is 0 Å². The molecule has 2 aromatic heterocycles. The second kappa shape index (κ2) is 8.30. The summed E-state index contributed by atoms with van der Waals surface area (Å²) in [5, 5.41) is 9.75. The number of hydrogen-bond acceptors (Lipinski definition) is 4. The molecular weight excluding hydrogens is 408 g/mol. The number of carbonyl (C=O) groups excluding carboxylic acids is 2. The molecule has 160 valence electrons. The molecular formula is C24H26N4O2S. The summed E-state index contributed by atoms with van der Waals surface area (Å²) in [5.74, 6) is -0.206. The Labute approximate surface area is 185 Å². The number of nitrogens with one attached hydrogen (secondary N) is 1. The van der Waals surface area contributed by atoms with Gasteiger partial charge in [0.1, 0.15) is 4.88 Å². The number of thiophene rings is 1. The summed E-state index contributed by atoms with van der Waals surface area (Å²) in [6, 6.07) is 11.3. The molecule has 3 aromatic rings. The Bertz CT molecular complexity index is 1100. The maximum atomic E-state index is 13.7. The molecule has 2 amide bonds. The zero-order valence-electron chi connectivity index (χ0n) is 17.6. The molecule has 1 atom stereocenters. The molecule has 1 saturated carbocycles. The van der Waals surface area contributed by atoms with Crippen molar-refractivity contribution in [3.05, 3.63) is 64.1 Å². The number of carbonyl (C=O) groups is 2. The van der Waals surface area contributed by atoms with Gasteiger partial charge in [0.25, 0.3) is 5.91 Å². The number of aromatic nitrogens is 2. The van der Waals surface area contributed by atoms with Gasteiger partial charge in [0, 0.05) is 30.3 Å². The van der Waals surface area contributed by atoms with Gasteiger partial charge < -0.3 is 10.2 Å². The van der Waals surface area contributed by atoms with E-state index in [0.717, 1.165) is 48.1 Å². The van der Waals surface area contributed by atoms with Gasteiger partial charge >= 0.3 is 0 Å². The molecule has 1 N–H and O–H groups in total. The number of rotatable bonds is 5. The molecule has 1 fully saturated rings. The van der Waals surface area contributed by atoms with E-state index in [0.29, 0.717) is 18.0 Å². The smallest absolute Gasteiger partial charge is 0.265 e. The molecule has 1 aromatic carbocycles. The highest BCUT2D eigenvalue weighted by molar-refractivity contribution is 7.12. The molecule has 31 heavy (non-hydrogen) atoms. The third-order valence-electron chi connectivity index (χ3n) is 6.31. The van der Waals surface area contributed by atoms with Gasteiger partial charge in [-0.05, 0) is 36.8 Å². The van der Waals surface area contributed by atoms with E-state index in [1.165, 1.54) is 11.3 Å². The van der Waals surface area contributed by atoms with Crippen molar-refractivity contribution >= 4 is 23.2 Å². The lowest BCUT2D eigenvalue weighted by atomic mass is 10.0. The van der Waals surface area contributed by atoms with Gasteiger partial charge in [0.2, 0.25) is 5.91 Å². The van der Waals surface area contributed by atoms with E-state index < -0.39 is 6.04 Å². The van der Waals surface area contributed by atoms with Gasteiger partial charge in [-0.15, -0.1) is 11.3 Å². The van der Waals surface area contributed by atoms with Gasteiger partial charge in [-0.2, -0.15) is 5.10 Å². The lowest BCUT2D eigenvalue weighted by Gasteiger charge is -2.31. The van der Waals surface area contributed by atoms with E-state index in [9.17, 15) is 9.59 Å². The Morgan fingerprint density at radius 2 is 1.94 bits per heavy atom. The number of fused-ring (bicyclic) bond motifs is 3. The Balaban J connectivity index is 1.64. The number of benzene rings is 1. The zero-order valence-corrected chi connectivity index (χ0v) is 18.4. The molecule has 0 spiro atoms. The predicted octanol–water partition coefficient (Wildman–Crippen LogP) is 4.39. The van der Waals surface area contributed by atoms with Crippen LogP contribution < -0.4 is 5.32 Å². The summed E-state index contributed by atoms with van der Waals surface area (Å²) in [6.45, 7) is 3.02. The van der Waals surface area contributed by atoms with Gasteiger partial charge in [0.05, 0.1) is 11.9 Å². The lowest BCUT2D eigenvalue weighted by molar-refractivity contribution is -0.127. The van der Waals surface area contributed by atoms with Crippen molar-refractivity contribution in [1.82, 2.24) is 20.0 Å². The summed E-state index contributed by atoms with van der Waals surface area (Å²) >= 11 is 1.43. The monoisotopic (exact) mass is 434 g/mol. The first-order valence-corrected chi connectivity index (χ1v) is 11.8. The van der Waals surface area contributed by atoms with E-state index in [1.54, 1.807) is 11.1 Å². The van der Waals surface area contributed by atoms with Crippen LogP contribution in [-0.2, 0) is 17.9 Å². The highest BCUT2D eigenvalue weighted by atomic mass is 32.1. The van der Waals surface area contributed by atoms with Crippen LogP contribution in [-0.4, -0.2) is 32.5 Å². The van der Waals surface area contributed by atoms with Crippen LogP contribution in [0.25, 0.3) is 11.1 Å². The van der Waals surface area contributed by atoms with Crippen LogP contribution in [0.15, 0.2) is 48.0 Å². The molecule has 1 unspecified atom stereocenters. The number of aryl methyl sites for hydroxylation is 1. The Morgan fingerprint density at radius 1 is 1.16 bits per heavy atom. The average molecular weight is 435 g/mol. The minimum absolute atomic E-state index is 0.0979. The molecule has 0 bridgehead atoms. The summed E-state index contributed by atoms with van der Waals surface area (Å²) in [5.41, 5.74) is 3.56. The predicted molar refractivity (Wildman–Crippen MR) is 121 cm³/mol. The molecule has 0 radical (unpaired) electrons. The van der Waals surface area contributed by atoms with Crippen LogP contribution in [0.5, 0.6) is 0 Å².